The molecule has 1 unspecified atom stereocenters. The number of carbonyl (C=O) groups excluding carboxylic acids is 2. The fourth-order valence-corrected chi connectivity index (χ4v) is 2.88. The Labute approximate surface area is 132 Å². The van der Waals surface area contributed by atoms with Crippen LogP contribution in [-0.2, 0) is 10.4 Å². The van der Waals surface area contributed by atoms with E-state index in [0.29, 0.717) is 21.8 Å². The van der Waals surface area contributed by atoms with E-state index in [1.54, 1.807) is 55.6 Å². The SMILES string of the molecule is CN1C(=O)C(O)(CC(=O)c2ccc(Cl)cc2)c2ccccc21. The molecule has 0 saturated carbocycles. The van der Waals surface area contributed by atoms with Crippen LogP contribution < -0.4 is 4.90 Å². The molecule has 1 amide bonds. The zero-order valence-corrected chi connectivity index (χ0v) is 12.7. The number of nitrogens with zero attached hydrogens (tertiary/aromatic N) is 1. The van der Waals surface area contributed by atoms with Crippen molar-refractivity contribution in [3.63, 3.8) is 0 Å². The Hall–Kier alpha value is -2.17. The fourth-order valence-electron chi connectivity index (χ4n) is 2.76. The Kier molecular flexibility index (Phi) is 3.51. The van der Waals surface area contributed by atoms with Gasteiger partial charge >= 0.3 is 0 Å². The van der Waals surface area contributed by atoms with Gasteiger partial charge in [-0.2, -0.15) is 0 Å². The number of carbonyl (C=O) groups is 2. The van der Waals surface area contributed by atoms with Gasteiger partial charge in [-0.15, -0.1) is 0 Å². The van der Waals surface area contributed by atoms with Crippen LogP contribution in [-0.4, -0.2) is 23.8 Å². The summed E-state index contributed by atoms with van der Waals surface area (Å²) in [4.78, 5) is 26.2. The standard InChI is InChI=1S/C17H14ClNO3/c1-19-14-5-3-2-4-13(14)17(22,16(19)21)10-15(20)11-6-8-12(18)9-7-11/h2-9,22H,10H2,1H3. The highest BCUT2D eigenvalue weighted by Gasteiger charge is 2.49. The minimum absolute atomic E-state index is 0.297. The summed E-state index contributed by atoms with van der Waals surface area (Å²) in [5.41, 5.74) is -0.316. The summed E-state index contributed by atoms with van der Waals surface area (Å²) in [6.45, 7) is 0. The van der Waals surface area contributed by atoms with Crippen LogP contribution >= 0.6 is 11.6 Å². The molecule has 1 aliphatic heterocycles. The monoisotopic (exact) mass is 315 g/mol. The van der Waals surface area contributed by atoms with Gasteiger partial charge in [0, 0.05) is 23.2 Å². The van der Waals surface area contributed by atoms with Gasteiger partial charge in [-0.25, -0.2) is 0 Å². The average molecular weight is 316 g/mol. The number of hydrogen-bond donors (Lipinski definition) is 1. The first-order valence-corrected chi connectivity index (χ1v) is 7.20. The van der Waals surface area contributed by atoms with Crippen LogP contribution in [0.1, 0.15) is 22.3 Å². The summed E-state index contributed by atoms with van der Waals surface area (Å²) in [6, 6.07) is 13.3. The summed E-state index contributed by atoms with van der Waals surface area (Å²) in [5, 5.41) is 11.4. The molecule has 112 valence electrons. The van der Waals surface area contributed by atoms with Gasteiger partial charge in [0.15, 0.2) is 11.4 Å². The van der Waals surface area contributed by atoms with Crippen LogP contribution in [0.3, 0.4) is 0 Å². The van der Waals surface area contributed by atoms with E-state index >= 15 is 0 Å². The minimum atomic E-state index is -1.82. The molecular formula is C17H14ClNO3. The van der Waals surface area contributed by atoms with E-state index in [1.807, 2.05) is 0 Å². The van der Waals surface area contributed by atoms with Crippen LogP contribution in [0.4, 0.5) is 5.69 Å². The van der Waals surface area contributed by atoms with E-state index in [0.717, 1.165) is 0 Å². The molecule has 22 heavy (non-hydrogen) atoms. The number of aliphatic hydroxyl groups is 1. The highest BCUT2D eigenvalue weighted by molar-refractivity contribution is 6.30. The quantitative estimate of drug-likeness (QED) is 0.886. The van der Waals surface area contributed by atoms with Crippen molar-refractivity contribution in [1.29, 1.82) is 0 Å². The molecule has 1 N–H and O–H groups in total. The molecule has 0 aliphatic carbocycles. The second-order valence-corrected chi connectivity index (χ2v) is 5.78. The molecule has 2 aromatic rings. The molecule has 0 bridgehead atoms. The molecule has 2 aromatic carbocycles. The maximum absolute atomic E-state index is 12.4. The first-order valence-electron chi connectivity index (χ1n) is 6.82. The summed E-state index contributed by atoms with van der Waals surface area (Å²) < 4.78 is 0. The van der Waals surface area contributed by atoms with Gasteiger partial charge in [-0.05, 0) is 30.3 Å². The topological polar surface area (TPSA) is 57.6 Å². The zero-order chi connectivity index (χ0) is 15.9. The molecule has 1 aliphatic rings. The molecule has 3 rings (SSSR count). The molecule has 0 aromatic heterocycles. The maximum Gasteiger partial charge on any atom is 0.263 e. The third-order valence-electron chi connectivity index (χ3n) is 3.95. The number of amides is 1. The minimum Gasteiger partial charge on any atom is -0.375 e. The molecule has 0 fully saturated rings. The number of likely N-dealkylation sites (N-methyl/N-ethyl adjacent to an activating group) is 1. The zero-order valence-electron chi connectivity index (χ0n) is 11.9. The third-order valence-corrected chi connectivity index (χ3v) is 4.20. The Morgan fingerprint density at radius 2 is 1.82 bits per heavy atom. The van der Waals surface area contributed by atoms with Gasteiger partial charge in [0.2, 0.25) is 0 Å². The molecule has 0 saturated heterocycles. The van der Waals surface area contributed by atoms with Gasteiger partial charge < -0.3 is 10.0 Å². The second-order valence-electron chi connectivity index (χ2n) is 5.35. The number of para-hydroxylation sites is 1. The highest BCUT2D eigenvalue weighted by Crippen LogP contribution is 2.41. The van der Waals surface area contributed by atoms with Crippen molar-refractivity contribution >= 4 is 29.0 Å². The predicted molar refractivity (Wildman–Crippen MR) is 84.1 cm³/mol. The lowest BCUT2D eigenvalue weighted by atomic mass is 9.88. The third kappa shape index (κ3) is 2.21. The van der Waals surface area contributed by atoms with Crippen LogP contribution in [0, 0.1) is 0 Å². The first kappa shape index (κ1) is 14.8. The van der Waals surface area contributed by atoms with Gasteiger partial charge in [-0.1, -0.05) is 29.8 Å². The number of rotatable bonds is 3. The normalized spacial score (nSPS) is 20.1. The Morgan fingerprint density at radius 1 is 1.18 bits per heavy atom. The number of Topliss-reactive ketones (excluding diaryl/α,β-unsaturated/α-hetero) is 1. The number of fused-ring (bicyclic) bond motifs is 1. The molecule has 0 spiro atoms. The molecule has 1 atom stereocenters. The Bertz CT molecular complexity index is 757. The molecular weight excluding hydrogens is 302 g/mol. The number of hydrogen-bond acceptors (Lipinski definition) is 3. The van der Waals surface area contributed by atoms with Crippen molar-refractivity contribution in [2.24, 2.45) is 0 Å². The number of benzene rings is 2. The van der Waals surface area contributed by atoms with E-state index in [-0.39, 0.29) is 12.2 Å². The second kappa shape index (κ2) is 5.23. The lowest BCUT2D eigenvalue weighted by Gasteiger charge is -2.21. The van der Waals surface area contributed by atoms with E-state index in [1.165, 1.54) is 4.90 Å². The largest absolute Gasteiger partial charge is 0.375 e. The van der Waals surface area contributed by atoms with Gasteiger partial charge in [0.25, 0.3) is 5.91 Å². The fraction of sp³-hybridized carbons (Fsp3) is 0.176. The number of ketones is 1. The van der Waals surface area contributed by atoms with Gasteiger partial charge in [0.05, 0.1) is 12.1 Å². The summed E-state index contributed by atoms with van der Waals surface area (Å²) >= 11 is 5.80. The van der Waals surface area contributed by atoms with E-state index in [9.17, 15) is 14.7 Å². The number of anilines is 1. The van der Waals surface area contributed by atoms with Crippen LogP contribution in [0.5, 0.6) is 0 Å². The van der Waals surface area contributed by atoms with Crippen LogP contribution in [0.15, 0.2) is 48.5 Å². The van der Waals surface area contributed by atoms with Crippen LogP contribution in [0.25, 0.3) is 0 Å². The highest BCUT2D eigenvalue weighted by atomic mass is 35.5. The van der Waals surface area contributed by atoms with Crippen molar-refractivity contribution in [3.05, 3.63) is 64.7 Å². The maximum atomic E-state index is 12.4. The van der Waals surface area contributed by atoms with Crippen molar-refractivity contribution in [2.75, 3.05) is 11.9 Å². The molecule has 1 heterocycles. The van der Waals surface area contributed by atoms with E-state index < -0.39 is 11.5 Å². The lowest BCUT2D eigenvalue weighted by molar-refractivity contribution is -0.135. The number of halogens is 1. The predicted octanol–water partition coefficient (Wildman–Crippen LogP) is 2.78. The Balaban J connectivity index is 1.95. The van der Waals surface area contributed by atoms with Crippen molar-refractivity contribution < 1.29 is 14.7 Å². The molecule has 0 radical (unpaired) electrons. The van der Waals surface area contributed by atoms with Crippen molar-refractivity contribution in [3.8, 4) is 0 Å². The summed E-state index contributed by atoms with van der Waals surface area (Å²) in [6.07, 6.45) is -0.297. The van der Waals surface area contributed by atoms with Gasteiger partial charge in [-0.3, -0.25) is 9.59 Å². The molecule has 5 heteroatoms. The van der Waals surface area contributed by atoms with Crippen molar-refractivity contribution in [1.82, 2.24) is 0 Å². The van der Waals surface area contributed by atoms with E-state index in [4.69, 9.17) is 11.6 Å². The average Bonchev–Trinajstić information content (AvgIpc) is 2.70. The summed E-state index contributed by atoms with van der Waals surface area (Å²) in [7, 11) is 1.59. The first-order chi connectivity index (χ1) is 10.4. The van der Waals surface area contributed by atoms with Crippen molar-refractivity contribution in [2.45, 2.75) is 12.0 Å². The molecule has 4 nitrogen and oxygen atoms in total. The smallest absolute Gasteiger partial charge is 0.263 e. The van der Waals surface area contributed by atoms with E-state index in [2.05, 4.69) is 0 Å². The summed E-state index contributed by atoms with van der Waals surface area (Å²) in [5.74, 6) is -0.798. The van der Waals surface area contributed by atoms with Gasteiger partial charge in [0.1, 0.15) is 0 Å². The van der Waals surface area contributed by atoms with Crippen LogP contribution in [0.2, 0.25) is 5.02 Å². The lowest BCUT2D eigenvalue weighted by Crippen LogP contribution is -2.40. The Morgan fingerprint density at radius 3 is 2.50 bits per heavy atom.